The van der Waals surface area contributed by atoms with Crippen molar-refractivity contribution in [2.24, 2.45) is 0 Å². The van der Waals surface area contributed by atoms with E-state index in [1.807, 2.05) is 0 Å². The number of nitrogens with one attached hydrogen (secondary N) is 1. The average Bonchev–Trinajstić information content (AvgIpc) is 2.70. The quantitative estimate of drug-likeness (QED) is 0.441. The Morgan fingerprint density at radius 1 is 0.909 bits per heavy atom. The van der Waals surface area contributed by atoms with Gasteiger partial charge in [0.05, 0.1) is 10.6 Å². The van der Waals surface area contributed by atoms with Gasteiger partial charge < -0.3 is 29.0 Å². The molecule has 1 fully saturated rings. The van der Waals surface area contributed by atoms with Crippen LogP contribution in [-0.2, 0) is 42.9 Å². The first-order valence-corrected chi connectivity index (χ1v) is 10.2. The third-order valence-corrected chi connectivity index (χ3v) is 4.72. The molecule has 1 aliphatic heterocycles. The van der Waals surface area contributed by atoms with Crippen molar-refractivity contribution >= 4 is 41.4 Å². The molecule has 0 unspecified atom stereocenters. The lowest BCUT2D eigenvalue weighted by Gasteiger charge is -2.44. The zero-order valence-corrected chi connectivity index (χ0v) is 19.1. The van der Waals surface area contributed by atoms with E-state index in [1.54, 1.807) is 12.1 Å². The number of ether oxygens (including phenoxy) is 5. The van der Waals surface area contributed by atoms with Gasteiger partial charge in [-0.3, -0.25) is 19.2 Å². The topological polar surface area (TPSA) is 144 Å². The van der Waals surface area contributed by atoms with Crippen molar-refractivity contribution < 1.29 is 47.7 Å². The summed E-state index contributed by atoms with van der Waals surface area (Å²) in [6, 6.07) is 4.81. The first kappa shape index (κ1) is 26.1. The Morgan fingerprint density at radius 2 is 1.52 bits per heavy atom. The predicted molar refractivity (Wildman–Crippen MR) is 111 cm³/mol. The fraction of sp³-hybridized carbons (Fsp3) is 0.476. The smallest absolute Gasteiger partial charge is 0.342 e. The second-order valence-electron chi connectivity index (χ2n) is 7.11. The first-order chi connectivity index (χ1) is 15.5. The van der Waals surface area contributed by atoms with E-state index in [-0.39, 0.29) is 10.6 Å². The number of amides is 1. The number of benzene rings is 1. The Hall–Kier alpha value is -3.18. The van der Waals surface area contributed by atoms with Crippen LogP contribution in [0.5, 0.6) is 0 Å². The zero-order chi connectivity index (χ0) is 24.7. The van der Waals surface area contributed by atoms with Crippen molar-refractivity contribution in [1.82, 2.24) is 5.32 Å². The molecular weight excluding hydrogens is 462 g/mol. The van der Waals surface area contributed by atoms with Crippen LogP contribution < -0.4 is 5.32 Å². The van der Waals surface area contributed by atoms with E-state index in [0.29, 0.717) is 0 Å². The summed E-state index contributed by atoms with van der Waals surface area (Å²) in [5, 5.41) is 2.61. The molecule has 0 radical (unpaired) electrons. The molecule has 2 rings (SSSR count). The Balaban J connectivity index is 2.45. The van der Waals surface area contributed by atoms with Crippen LogP contribution in [-0.4, -0.2) is 67.0 Å². The molecule has 180 valence electrons. The molecule has 12 heteroatoms. The van der Waals surface area contributed by atoms with Gasteiger partial charge in [-0.05, 0) is 12.1 Å². The molecular formula is C21H24ClNO10. The maximum atomic E-state index is 12.7. The van der Waals surface area contributed by atoms with Crippen LogP contribution >= 0.6 is 11.6 Å². The van der Waals surface area contributed by atoms with Crippen LogP contribution in [0, 0.1) is 0 Å². The summed E-state index contributed by atoms with van der Waals surface area (Å²) in [5.41, 5.74) is 0.0204. The van der Waals surface area contributed by atoms with E-state index in [4.69, 9.17) is 35.3 Å². The minimum absolute atomic E-state index is 0.0204. The highest BCUT2D eigenvalue weighted by Crippen LogP contribution is 2.29. The maximum Gasteiger partial charge on any atom is 0.342 e. The standard InChI is InChI=1S/C21H24ClNO10/c1-10(24)23-17-19(31-13(4)27)18(30-12(3)26)16(9-29-11(2)25)32-21(17)33-20(28)14-7-5-6-8-15(14)22/h5-8,16-19,21H,9H2,1-4H3,(H,23,24)/t16-,17-,18+,19-,21+/m0/s1. The van der Waals surface area contributed by atoms with E-state index < -0.39 is 67.0 Å². The number of carbonyl (C=O) groups is 5. The van der Waals surface area contributed by atoms with E-state index >= 15 is 0 Å². The largest absolute Gasteiger partial charge is 0.463 e. The van der Waals surface area contributed by atoms with Gasteiger partial charge in [0.15, 0.2) is 12.2 Å². The maximum absolute atomic E-state index is 12.7. The highest BCUT2D eigenvalue weighted by Gasteiger charge is 2.52. The van der Waals surface area contributed by atoms with Crippen molar-refractivity contribution in [3.05, 3.63) is 34.9 Å². The molecule has 1 amide bonds. The molecule has 1 saturated heterocycles. The van der Waals surface area contributed by atoms with Gasteiger partial charge in [0.25, 0.3) is 0 Å². The Bertz CT molecular complexity index is 920. The van der Waals surface area contributed by atoms with E-state index in [2.05, 4.69) is 5.32 Å². The fourth-order valence-electron chi connectivity index (χ4n) is 3.19. The number of rotatable bonds is 7. The number of esters is 4. The van der Waals surface area contributed by atoms with Crippen molar-refractivity contribution in [1.29, 1.82) is 0 Å². The highest BCUT2D eigenvalue weighted by molar-refractivity contribution is 6.33. The summed E-state index contributed by atoms with van der Waals surface area (Å²) >= 11 is 6.05. The van der Waals surface area contributed by atoms with E-state index in [0.717, 1.165) is 20.8 Å². The minimum Gasteiger partial charge on any atom is -0.463 e. The SMILES string of the molecule is CC(=O)N[C@@H]1[C@@H](OC(=O)c2ccccc2Cl)O[C@@H](COC(C)=O)[C@@H](OC(C)=O)[C@H]1OC(C)=O. The van der Waals surface area contributed by atoms with Crippen molar-refractivity contribution in [2.45, 2.75) is 58.3 Å². The number of halogens is 1. The monoisotopic (exact) mass is 485 g/mol. The number of hydrogen-bond acceptors (Lipinski definition) is 10. The Morgan fingerprint density at radius 3 is 2.06 bits per heavy atom. The molecule has 1 N–H and O–H groups in total. The van der Waals surface area contributed by atoms with Crippen LogP contribution in [0.1, 0.15) is 38.1 Å². The molecule has 0 aromatic heterocycles. The minimum atomic E-state index is -1.52. The van der Waals surface area contributed by atoms with Gasteiger partial charge in [0.1, 0.15) is 18.8 Å². The van der Waals surface area contributed by atoms with Crippen molar-refractivity contribution in [3.8, 4) is 0 Å². The molecule has 1 heterocycles. The van der Waals surface area contributed by atoms with Gasteiger partial charge in [0, 0.05) is 27.7 Å². The summed E-state index contributed by atoms with van der Waals surface area (Å²) in [4.78, 5) is 59.5. The second kappa shape index (κ2) is 11.6. The van der Waals surface area contributed by atoms with Crippen LogP contribution in [0.25, 0.3) is 0 Å². The second-order valence-corrected chi connectivity index (χ2v) is 7.51. The van der Waals surface area contributed by atoms with E-state index in [1.165, 1.54) is 19.1 Å². The van der Waals surface area contributed by atoms with Crippen LogP contribution in [0.4, 0.5) is 0 Å². The van der Waals surface area contributed by atoms with Gasteiger partial charge in [-0.25, -0.2) is 4.79 Å². The Kier molecular flexibility index (Phi) is 9.18. The lowest BCUT2D eigenvalue weighted by molar-refractivity contribution is -0.263. The third kappa shape index (κ3) is 7.43. The van der Waals surface area contributed by atoms with Crippen molar-refractivity contribution in [3.63, 3.8) is 0 Å². The zero-order valence-electron chi connectivity index (χ0n) is 18.4. The molecule has 1 aliphatic rings. The summed E-state index contributed by atoms with van der Waals surface area (Å²) in [6.45, 7) is 4.14. The molecule has 33 heavy (non-hydrogen) atoms. The summed E-state index contributed by atoms with van der Waals surface area (Å²) in [5.74, 6) is -3.63. The van der Waals surface area contributed by atoms with Gasteiger partial charge in [-0.2, -0.15) is 0 Å². The summed E-state index contributed by atoms with van der Waals surface area (Å²) in [6.07, 6.45) is -5.35. The summed E-state index contributed by atoms with van der Waals surface area (Å²) in [7, 11) is 0. The third-order valence-electron chi connectivity index (χ3n) is 4.39. The van der Waals surface area contributed by atoms with E-state index in [9.17, 15) is 24.0 Å². The van der Waals surface area contributed by atoms with Gasteiger partial charge in [0.2, 0.25) is 12.2 Å². The number of carbonyl (C=O) groups excluding carboxylic acids is 5. The fourth-order valence-corrected chi connectivity index (χ4v) is 3.40. The predicted octanol–water partition coefficient (Wildman–Crippen LogP) is 1.15. The van der Waals surface area contributed by atoms with Crippen LogP contribution in [0.3, 0.4) is 0 Å². The Labute approximate surface area is 194 Å². The molecule has 5 atom stereocenters. The van der Waals surface area contributed by atoms with Gasteiger partial charge in [-0.15, -0.1) is 0 Å². The average molecular weight is 486 g/mol. The molecule has 1 aromatic rings. The first-order valence-electron chi connectivity index (χ1n) is 9.85. The van der Waals surface area contributed by atoms with Gasteiger partial charge >= 0.3 is 23.9 Å². The van der Waals surface area contributed by atoms with Crippen LogP contribution in [0.15, 0.2) is 24.3 Å². The molecule has 1 aromatic carbocycles. The normalized spacial score (nSPS) is 24.2. The van der Waals surface area contributed by atoms with Crippen LogP contribution in [0.2, 0.25) is 5.02 Å². The molecule has 0 saturated carbocycles. The van der Waals surface area contributed by atoms with Gasteiger partial charge in [-0.1, -0.05) is 23.7 Å². The summed E-state index contributed by atoms with van der Waals surface area (Å²) < 4.78 is 26.8. The lowest BCUT2D eigenvalue weighted by Crippen LogP contribution is -2.66. The van der Waals surface area contributed by atoms with Crippen molar-refractivity contribution in [2.75, 3.05) is 6.61 Å². The highest BCUT2D eigenvalue weighted by atomic mass is 35.5. The molecule has 0 bridgehead atoms. The molecule has 0 aliphatic carbocycles. The lowest BCUT2D eigenvalue weighted by atomic mass is 9.96. The molecule has 11 nitrogen and oxygen atoms in total. The molecule has 0 spiro atoms. The number of hydrogen-bond donors (Lipinski definition) is 1.